The average Bonchev–Trinajstić information content (AvgIpc) is 3.25. The van der Waals surface area contributed by atoms with Crippen LogP contribution in [0.4, 0.5) is 35.2 Å². The van der Waals surface area contributed by atoms with Gasteiger partial charge in [0.25, 0.3) is 5.95 Å². The molecule has 1 amide bonds. The molecular formula is C22H20F3N5O4S. The lowest BCUT2D eigenvalue weighted by molar-refractivity contribution is 0.115. The quantitative estimate of drug-likeness (QED) is 0.449. The Hall–Kier alpha value is -3.84. The lowest BCUT2D eigenvalue weighted by atomic mass is 10.1. The normalized spacial score (nSPS) is 15.8. The Labute approximate surface area is 198 Å². The third-order valence-electron chi connectivity index (χ3n) is 5.40. The van der Waals surface area contributed by atoms with Gasteiger partial charge in [-0.25, -0.2) is 22.7 Å². The first-order valence-corrected chi connectivity index (χ1v) is 11.9. The van der Waals surface area contributed by atoms with Gasteiger partial charge in [0.05, 0.1) is 4.90 Å². The van der Waals surface area contributed by atoms with Gasteiger partial charge in [0.2, 0.25) is 15.8 Å². The average molecular weight is 507 g/mol. The molecule has 1 aliphatic heterocycles. The van der Waals surface area contributed by atoms with Crippen LogP contribution in [0.3, 0.4) is 0 Å². The SMILES string of the molecule is Nc1nc(F)c(F)c(N2CCC[C@@H]2OC(=O)Nc2ccc(-c3ccccc3S(N)(=O)=O)cc2)c1F. The molecule has 1 atom stereocenters. The number of benzene rings is 2. The number of ether oxygens (including phenoxy) is 1. The summed E-state index contributed by atoms with van der Waals surface area (Å²) in [6, 6.07) is 12.4. The highest BCUT2D eigenvalue weighted by atomic mass is 32.2. The minimum absolute atomic E-state index is 0.0471. The maximum atomic E-state index is 14.4. The number of hydrogen-bond donors (Lipinski definition) is 3. The van der Waals surface area contributed by atoms with E-state index in [4.69, 9.17) is 15.6 Å². The van der Waals surface area contributed by atoms with Crippen LogP contribution in [-0.4, -0.2) is 32.3 Å². The number of amides is 1. The number of halogens is 3. The number of carbonyl (C=O) groups is 1. The van der Waals surface area contributed by atoms with E-state index < -0.39 is 51.4 Å². The van der Waals surface area contributed by atoms with Gasteiger partial charge in [0, 0.05) is 24.2 Å². The van der Waals surface area contributed by atoms with E-state index in [1.165, 1.54) is 18.2 Å². The van der Waals surface area contributed by atoms with Gasteiger partial charge in [-0.05, 0) is 30.2 Å². The van der Waals surface area contributed by atoms with Crippen molar-refractivity contribution in [3.63, 3.8) is 0 Å². The first-order chi connectivity index (χ1) is 16.6. The van der Waals surface area contributed by atoms with E-state index in [0.29, 0.717) is 23.2 Å². The molecule has 1 aliphatic rings. The number of primary sulfonamides is 1. The summed E-state index contributed by atoms with van der Waals surface area (Å²) < 4.78 is 71.3. The summed E-state index contributed by atoms with van der Waals surface area (Å²) in [5.41, 5.74) is 5.81. The van der Waals surface area contributed by atoms with Crippen LogP contribution in [0.15, 0.2) is 53.4 Å². The Morgan fingerprint density at radius 1 is 1.09 bits per heavy atom. The smallest absolute Gasteiger partial charge is 0.413 e. The molecule has 0 unspecified atom stereocenters. The zero-order valence-corrected chi connectivity index (χ0v) is 18.9. The fraction of sp³-hybridized carbons (Fsp3) is 0.182. The second-order valence-corrected chi connectivity index (χ2v) is 9.23. The molecule has 2 heterocycles. The fourth-order valence-corrected chi connectivity index (χ4v) is 4.60. The maximum Gasteiger partial charge on any atom is 0.413 e. The molecule has 0 radical (unpaired) electrons. The topological polar surface area (TPSA) is 141 Å². The summed E-state index contributed by atoms with van der Waals surface area (Å²) in [6.07, 6.45) is -1.30. The Bertz CT molecular complexity index is 1360. The van der Waals surface area contributed by atoms with Gasteiger partial charge in [-0.3, -0.25) is 5.32 Å². The lowest BCUT2D eigenvalue weighted by Crippen LogP contribution is -2.36. The van der Waals surface area contributed by atoms with Crippen LogP contribution in [0.5, 0.6) is 0 Å². The number of rotatable bonds is 5. The monoisotopic (exact) mass is 507 g/mol. The molecule has 35 heavy (non-hydrogen) atoms. The summed E-state index contributed by atoms with van der Waals surface area (Å²) in [6.45, 7) is 0.104. The molecule has 4 rings (SSSR count). The number of sulfonamides is 1. The first-order valence-electron chi connectivity index (χ1n) is 10.3. The summed E-state index contributed by atoms with van der Waals surface area (Å²) in [4.78, 5) is 16.4. The van der Waals surface area contributed by atoms with Crippen LogP contribution >= 0.6 is 0 Å². The number of nitrogens with two attached hydrogens (primary N) is 2. The Morgan fingerprint density at radius 2 is 1.77 bits per heavy atom. The second kappa shape index (κ2) is 9.43. The van der Waals surface area contributed by atoms with Gasteiger partial charge in [-0.2, -0.15) is 13.8 Å². The number of nitrogen functional groups attached to an aromatic ring is 1. The minimum atomic E-state index is -3.95. The molecule has 9 nitrogen and oxygen atoms in total. The number of pyridine rings is 1. The zero-order chi connectivity index (χ0) is 25.3. The third-order valence-corrected chi connectivity index (χ3v) is 6.37. The van der Waals surface area contributed by atoms with E-state index >= 15 is 0 Å². The Balaban J connectivity index is 1.48. The van der Waals surface area contributed by atoms with Gasteiger partial charge in [0.1, 0.15) is 5.69 Å². The van der Waals surface area contributed by atoms with Crippen LogP contribution in [0.25, 0.3) is 11.1 Å². The molecule has 184 valence electrons. The summed E-state index contributed by atoms with van der Waals surface area (Å²) >= 11 is 0. The van der Waals surface area contributed by atoms with E-state index in [-0.39, 0.29) is 17.9 Å². The number of aromatic nitrogens is 1. The Kier molecular flexibility index (Phi) is 6.54. The van der Waals surface area contributed by atoms with Crippen molar-refractivity contribution in [3.8, 4) is 11.1 Å². The number of hydrogen-bond acceptors (Lipinski definition) is 7. The lowest BCUT2D eigenvalue weighted by Gasteiger charge is -2.27. The molecule has 13 heteroatoms. The van der Waals surface area contributed by atoms with Crippen molar-refractivity contribution in [2.45, 2.75) is 24.0 Å². The number of nitrogens with one attached hydrogen (secondary N) is 1. The van der Waals surface area contributed by atoms with Crippen LogP contribution in [-0.2, 0) is 14.8 Å². The molecule has 0 bridgehead atoms. The maximum absolute atomic E-state index is 14.4. The van der Waals surface area contributed by atoms with Gasteiger partial charge < -0.3 is 15.4 Å². The highest BCUT2D eigenvalue weighted by molar-refractivity contribution is 7.89. The molecule has 0 aliphatic carbocycles. The molecule has 0 saturated carbocycles. The Morgan fingerprint density at radius 3 is 2.46 bits per heavy atom. The molecule has 0 spiro atoms. The van der Waals surface area contributed by atoms with Crippen molar-refractivity contribution in [2.75, 3.05) is 22.5 Å². The number of anilines is 3. The van der Waals surface area contributed by atoms with Crippen molar-refractivity contribution in [2.24, 2.45) is 5.14 Å². The van der Waals surface area contributed by atoms with Crippen LogP contribution in [0.1, 0.15) is 12.8 Å². The second-order valence-electron chi connectivity index (χ2n) is 7.70. The standard InChI is InChI=1S/C22H20F3N5O4S/c23-17-19(18(24)21(26)29-20(17)25)30-11-3-6-16(30)34-22(31)28-13-9-7-12(8-10-13)14-4-1-2-5-15(14)35(27,32)33/h1-2,4-5,7-10,16H,3,6,11H2,(H2,26,29)(H,28,31)(H2,27,32,33)/t16-/m0/s1. The number of carbonyl (C=O) groups excluding carboxylic acids is 1. The summed E-state index contributed by atoms with van der Waals surface area (Å²) in [5, 5.41) is 7.76. The van der Waals surface area contributed by atoms with Gasteiger partial charge >= 0.3 is 6.09 Å². The van der Waals surface area contributed by atoms with Crippen LogP contribution in [0.2, 0.25) is 0 Å². The molecule has 1 saturated heterocycles. The van der Waals surface area contributed by atoms with E-state index in [0.717, 1.165) is 4.90 Å². The molecule has 1 aromatic heterocycles. The first kappa shape index (κ1) is 24.3. The van der Waals surface area contributed by atoms with Crippen molar-refractivity contribution in [1.82, 2.24) is 4.98 Å². The van der Waals surface area contributed by atoms with Gasteiger partial charge in [0.15, 0.2) is 17.9 Å². The highest BCUT2D eigenvalue weighted by Gasteiger charge is 2.34. The largest absolute Gasteiger partial charge is 0.425 e. The number of nitrogens with zero attached hydrogens (tertiary/aromatic N) is 2. The molecule has 5 N–H and O–H groups in total. The highest BCUT2D eigenvalue weighted by Crippen LogP contribution is 2.34. The van der Waals surface area contributed by atoms with Crippen molar-refractivity contribution >= 4 is 33.3 Å². The molecular weight excluding hydrogens is 487 g/mol. The van der Waals surface area contributed by atoms with Crippen molar-refractivity contribution in [3.05, 3.63) is 66.1 Å². The van der Waals surface area contributed by atoms with Crippen molar-refractivity contribution in [1.29, 1.82) is 0 Å². The summed E-state index contributed by atoms with van der Waals surface area (Å²) in [5.74, 6) is -5.13. The van der Waals surface area contributed by atoms with Gasteiger partial charge in [-0.15, -0.1) is 0 Å². The molecule has 1 fully saturated rings. The van der Waals surface area contributed by atoms with Crippen molar-refractivity contribution < 1.29 is 31.1 Å². The van der Waals surface area contributed by atoms with E-state index in [1.54, 1.807) is 30.3 Å². The third kappa shape index (κ3) is 5.00. The molecule has 2 aromatic carbocycles. The van der Waals surface area contributed by atoms with E-state index in [1.807, 2.05) is 0 Å². The predicted molar refractivity (Wildman–Crippen MR) is 122 cm³/mol. The predicted octanol–water partition coefficient (Wildman–Crippen LogP) is 3.57. The zero-order valence-electron chi connectivity index (χ0n) is 18.0. The van der Waals surface area contributed by atoms with Crippen LogP contribution < -0.4 is 21.1 Å². The minimum Gasteiger partial charge on any atom is -0.425 e. The summed E-state index contributed by atoms with van der Waals surface area (Å²) in [7, 11) is -3.95. The van der Waals surface area contributed by atoms with E-state index in [9.17, 15) is 26.4 Å². The fourth-order valence-electron chi connectivity index (χ4n) is 3.84. The van der Waals surface area contributed by atoms with E-state index in [2.05, 4.69) is 10.3 Å². The molecule has 3 aromatic rings. The van der Waals surface area contributed by atoms with Gasteiger partial charge in [-0.1, -0.05) is 30.3 Å². The van der Waals surface area contributed by atoms with Crippen LogP contribution in [0, 0.1) is 17.6 Å².